The quantitative estimate of drug-likeness (QED) is 0.843. The Bertz CT molecular complexity index is 547. The van der Waals surface area contributed by atoms with Gasteiger partial charge in [-0.05, 0) is 36.2 Å². The van der Waals surface area contributed by atoms with E-state index in [1.165, 1.54) is 19.3 Å². The molecule has 1 heterocycles. The molecule has 0 atom stereocenters. The molecule has 0 bridgehead atoms. The summed E-state index contributed by atoms with van der Waals surface area (Å²) in [7, 11) is -3.32. The molecule has 0 unspecified atom stereocenters. The van der Waals surface area contributed by atoms with E-state index in [0.717, 1.165) is 18.1 Å². The lowest BCUT2D eigenvalue weighted by Gasteiger charge is -2.38. The van der Waals surface area contributed by atoms with Gasteiger partial charge in [0, 0.05) is 6.54 Å². The molecule has 7 heteroatoms. The van der Waals surface area contributed by atoms with E-state index in [1.54, 1.807) is 0 Å². The highest BCUT2D eigenvalue weighted by atomic mass is 32.2. The van der Waals surface area contributed by atoms with E-state index in [2.05, 4.69) is 16.6 Å². The monoisotopic (exact) mass is 303 g/mol. The van der Waals surface area contributed by atoms with Gasteiger partial charge in [0.1, 0.15) is 9.90 Å². The number of rotatable bonds is 6. The number of aromatic nitrogens is 1. The second kappa shape index (κ2) is 5.28. The number of sulfone groups is 1. The van der Waals surface area contributed by atoms with Gasteiger partial charge in [0.15, 0.2) is 15.7 Å². The molecular formula is C12H21N3O2S2. The van der Waals surface area contributed by atoms with Crippen LogP contribution in [0, 0.1) is 5.41 Å². The fraction of sp³-hybridized carbons (Fsp3) is 0.750. The van der Waals surface area contributed by atoms with Crippen LogP contribution in [0.25, 0.3) is 0 Å². The van der Waals surface area contributed by atoms with E-state index in [-0.39, 0.29) is 21.9 Å². The Hall–Kier alpha value is -0.820. The molecule has 5 nitrogen and oxygen atoms in total. The highest BCUT2D eigenvalue weighted by Crippen LogP contribution is 2.41. The normalized spacial score (nSPS) is 18.0. The maximum absolute atomic E-state index is 12.2. The molecule has 108 valence electrons. The Kier molecular flexibility index (Phi) is 4.06. The molecule has 1 aliphatic rings. The molecular weight excluding hydrogens is 282 g/mol. The third kappa shape index (κ3) is 3.02. The van der Waals surface area contributed by atoms with Crippen molar-refractivity contribution >= 4 is 32.2 Å². The lowest BCUT2D eigenvalue weighted by Crippen LogP contribution is -2.33. The average molecular weight is 303 g/mol. The summed E-state index contributed by atoms with van der Waals surface area (Å²) in [6.45, 7) is 4.84. The number of hydrogen-bond acceptors (Lipinski definition) is 6. The number of anilines is 2. The van der Waals surface area contributed by atoms with E-state index in [0.29, 0.717) is 11.4 Å². The predicted molar refractivity (Wildman–Crippen MR) is 79.3 cm³/mol. The molecule has 19 heavy (non-hydrogen) atoms. The van der Waals surface area contributed by atoms with Crippen LogP contribution in [0.4, 0.5) is 10.8 Å². The molecule has 1 aromatic rings. The summed E-state index contributed by atoms with van der Waals surface area (Å²) in [6, 6.07) is 0. The zero-order valence-electron chi connectivity index (χ0n) is 11.4. The van der Waals surface area contributed by atoms with Crippen LogP contribution in [-0.4, -0.2) is 25.1 Å². The van der Waals surface area contributed by atoms with Gasteiger partial charge in [-0.15, -0.1) is 0 Å². The maximum atomic E-state index is 12.2. The van der Waals surface area contributed by atoms with Crippen LogP contribution in [0.15, 0.2) is 4.90 Å². The second-order valence-corrected chi connectivity index (χ2v) is 8.38. The van der Waals surface area contributed by atoms with Gasteiger partial charge in [0.25, 0.3) is 0 Å². The van der Waals surface area contributed by atoms with Crippen molar-refractivity contribution in [3.63, 3.8) is 0 Å². The summed E-state index contributed by atoms with van der Waals surface area (Å²) in [4.78, 5) is 0.197. The Balaban J connectivity index is 2.18. The molecule has 0 aliphatic heterocycles. The van der Waals surface area contributed by atoms with E-state index in [4.69, 9.17) is 5.73 Å². The number of nitrogens with zero attached hydrogens (tertiary/aromatic N) is 1. The summed E-state index contributed by atoms with van der Waals surface area (Å²) < 4.78 is 28.4. The minimum absolute atomic E-state index is 0.113. The van der Waals surface area contributed by atoms with E-state index in [1.807, 2.05) is 6.92 Å². The Labute approximate surface area is 118 Å². The van der Waals surface area contributed by atoms with Crippen molar-refractivity contribution in [1.82, 2.24) is 4.37 Å². The number of hydrogen-bond donors (Lipinski definition) is 2. The SMILES string of the molecule is CCCS(=O)(=O)c1c(N)nsc1NCC1(C)CCC1. The van der Waals surface area contributed by atoms with Crippen LogP contribution in [0.5, 0.6) is 0 Å². The van der Waals surface area contributed by atoms with Crippen LogP contribution >= 0.6 is 11.5 Å². The number of nitrogen functional groups attached to an aromatic ring is 1. The lowest BCUT2D eigenvalue weighted by atomic mass is 9.70. The average Bonchev–Trinajstić information content (AvgIpc) is 2.66. The Morgan fingerprint density at radius 1 is 1.47 bits per heavy atom. The van der Waals surface area contributed by atoms with Crippen LogP contribution in [0.1, 0.15) is 39.5 Å². The van der Waals surface area contributed by atoms with Gasteiger partial charge in [-0.3, -0.25) is 0 Å². The predicted octanol–water partition coefficient (Wildman–Crippen LogP) is 2.51. The molecule has 0 spiro atoms. The van der Waals surface area contributed by atoms with Crippen molar-refractivity contribution in [2.45, 2.75) is 44.4 Å². The highest BCUT2D eigenvalue weighted by Gasteiger charge is 2.32. The second-order valence-electron chi connectivity index (χ2n) is 5.56. The van der Waals surface area contributed by atoms with E-state index < -0.39 is 9.84 Å². The first-order valence-electron chi connectivity index (χ1n) is 6.60. The van der Waals surface area contributed by atoms with Crippen molar-refractivity contribution < 1.29 is 8.42 Å². The molecule has 3 N–H and O–H groups in total. The van der Waals surface area contributed by atoms with Crippen LogP contribution in [0.3, 0.4) is 0 Å². The topological polar surface area (TPSA) is 85.1 Å². The summed E-state index contributed by atoms with van der Waals surface area (Å²) in [5, 5.41) is 3.83. The highest BCUT2D eigenvalue weighted by molar-refractivity contribution is 7.91. The number of nitrogens with two attached hydrogens (primary N) is 1. The van der Waals surface area contributed by atoms with Gasteiger partial charge in [-0.25, -0.2) is 8.42 Å². The van der Waals surface area contributed by atoms with E-state index in [9.17, 15) is 8.42 Å². The maximum Gasteiger partial charge on any atom is 0.185 e. The first-order valence-corrected chi connectivity index (χ1v) is 9.02. The van der Waals surface area contributed by atoms with Crippen LogP contribution < -0.4 is 11.1 Å². The largest absolute Gasteiger partial charge is 0.382 e. The summed E-state index contributed by atoms with van der Waals surface area (Å²) >= 11 is 1.14. The molecule has 1 aliphatic carbocycles. The zero-order chi connectivity index (χ0) is 14.1. The van der Waals surface area contributed by atoms with Crippen molar-refractivity contribution in [3.8, 4) is 0 Å². The number of nitrogens with one attached hydrogen (secondary N) is 1. The molecule has 0 saturated heterocycles. The van der Waals surface area contributed by atoms with Gasteiger partial charge in [0.05, 0.1) is 5.75 Å². The molecule has 1 saturated carbocycles. The van der Waals surface area contributed by atoms with Crippen molar-refractivity contribution in [3.05, 3.63) is 0 Å². The molecule has 0 radical (unpaired) electrons. The third-order valence-corrected chi connectivity index (χ3v) is 6.62. The zero-order valence-corrected chi connectivity index (χ0v) is 13.0. The minimum Gasteiger partial charge on any atom is -0.382 e. The van der Waals surface area contributed by atoms with Crippen molar-refractivity contribution in [2.24, 2.45) is 5.41 Å². The van der Waals surface area contributed by atoms with Crippen molar-refractivity contribution in [1.29, 1.82) is 0 Å². The fourth-order valence-corrected chi connectivity index (χ4v) is 4.94. The fourth-order valence-electron chi connectivity index (χ4n) is 2.33. The summed E-state index contributed by atoms with van der Waals surface area (Å²) in [5.41, 5.74) is 6.01. The Morgan fingerprint density at radius 3 is 2.68 bits per heavy atom. The van der Waals surface area contributed by atoms with Gasteiger partial charge in [-0.1, -0.05) is 20.3 Å². The lowest BCUT2D eigenvalue weighted by molar-refractivity contribution is 0.180. The first kappa shape index (κ1) is 14.6. The molecule has 0 aromatic carbocycles. The smallest absolute Gasteiger partial charge is 0.185 e. The van der Waals surface area contributed by atoms with Gasteiger partial charge in [-0.2, -0.15) is 4.37 Å². The van der Waals surface area contributed by atoms with Gasteiger partial charge < -0.3 is 11.1 Å². The minimum atomic E-state index is -3.32. The van der Waals surface area contributed by atoms with E-state index >= 15 is 0 Å². The van der Waals surface area contributed by atoms with Crippen LogP contribution in [-0.2, 0) is 9.84 Å². The summed E-state index contributed by atoms with van der Waals surface area (Å²) in [5.74, 6) is 0.237. The standard InChI is InChI=1S/C12H21N3O2S2/c1-3-7-19(16,17)9-10(13)15-18-11(9)14-8-12(2)5-4-6-12/h14H,3-8H2,1-2H3,(H2,13,15). The first-order chi connectivity index (χ1) is 8.88. The summed E-state index contributed by atoms with van der Waals surface area (Å²) in [6.07, 6.45) is 4.20. The molecule has 0 amide bonds. The molecule has 1 aromatic heterocycles. The molecule has 1 fully saturated rings. The Morgan fingerprint density at radius 2 is 2.16 bits per heavy atom. The van der Waals surface area contributed by atoms with Gasteiger partial charge in [0.2, 0.25) is 0 Å². The molecule has 2 rings (SSSR count). The van der Waals surface area contributed by atoms with Crippen molar-refractivity contribution in [2.75, 3.05) is 23.3 Å². The van der Waals surface area contributed by atoms with Gasteiger partial charge >= 0.3 is 0 Å². The third-order valence-electron chi connectivity index (χ3n) is 3.69. The van der Waals surface area contributed by atoms with Crippen LogP contribution in [0.2, 0.25) is 0 Å².